The van der Waals surface area contributed by atoms with Gasteiger partial charge in [-0.3, -0.25) is 9.55 Å². The number of halogens is 2. The fraction of sp³-hybridized carbons (Fsp3) is 0.125. The average molecular weight is 342 g/mol. The maximum absolute atomic E-state index is 13.3. The number of ether oxygens (including phenoxy) is 1. The zero-order valence-electron chi connectivity index (χ0n) is 12.9. The van der Waals surface area contributed by atoms with Crippen LogP contribution < -0.4 is 4.74 Å². The molecule has 3 aromatic heterocycles. The molecule has 9 heteroatoms. The minimum Gasteiger partial charge on any atom is -0.477 e. The molecule has 25 heavy (non-hydrogen) atoms. The molecule has 0 bridgehead atoms. The summed E-state index contributed by atoms with van der Waals surface area (Å²) in [5.74, 6) is -0.790. The van der Waals surface area contributed by atoms with Crippen molar-refractivity contribution in [2.45, 2.75) is 6.42 Å². The van der Waals surface area contributed by atoms with Crippen LogP contribution in [-0.4, -0.2) is 35.7 Å². The Balaban J connectivity index is 1.57. The monoisotopic (exact) mass is 342 g/mol. The number of rotatable bonds is 5. The molecule has 0 aliphatic heterocycles. The minimum atomic E-state index is -0.873. The van der Waals surface area contributed by atoms with Gasteiger partial charge in [-0.25, -0.2) is 18.2 Å². The first-order valence-corrected chi connectivity index (χ1v) is 7.46. The van der Waals surface area contributed by atoms with Gasteiger partial charge in [-0.1, -0.05) is 6.07 Å². The van der Waals surface area contributed by atoms with E-state index in [4.69, 9.17) is 4.74 Å². The Kier molecular flexibility index (Phi) is 3.81. The predicted molar refractivity (Wildman–Crippen MR) is 83.5 cm³/mol. The summed E-state index contributed by atoms with van der Waals surface area (Å²) in [4.78, 5) is 8.07. The van der Waals surface area contributed by atoms with Gasteiger partial charge in [-0.05, 0) is 17.7 Å². The Hall–Kier alpha value is -3.36. The molecule has 0 unspecified atom stereocenters. The van der Waals surface area contributed by atoms with E-state index < -0.39 is 11.6 Å². The van der Waals surface area contributed by atoms with Gasteiger partial charge in [0.15, 0.2) is 17.3 Å². The highest BCUT2D eigenvalue weighted by Gasteiger charge is 2.12. The SMILES string of the molecule is Fc1ccc(CCOc2cncc3nnc(-n4ccnc4)n23)cc1F. The van der Waals surface area contributed by atoms with E-state index in [1.54, 1.807) is 40.1 Å². The van der Waals surface area contributed by atoms with E-state index in [1.165, 1.54) is 6.07 Å². The highest BCUT2D eigenvalue weighted by molar-refractivity contribution is 5.42. The van der Waals surface area contributed by atoms with Crippen molar-refractivity contribution in [3.63, 3.8) is 0 Å². The minimum absolute atomic E-state index is 0.257. The summed E-state index contributed by atoms with van der Waals surface area (Å²) in [7, 11) is 0. The molecule has 3 heterocycles. The van der Waals surface area contributed by atoms with Gasteiger partial charge in [0.1, 0.15) is 6.33 Å². The van der Waals surface area contributed by atoms with Crippen molar-refractivity contribution in [2.75, 3.05) is 6.61 Å². The zero-order chi connectivity index (χ0) is 17.2. The molecule has 0 aliphatic carbocycles. The quantitative estimate of drug-likeness (QED) is 0.556. The number of aromatic nitrogens is 6. The van der Waals surface area contributed by atoms with Gasteiger partial charge in [0.2, 0.25) is 11.8 Å². The number of hydrogen-bond donors (Lipinski definition) is 0. The second-order valence-corrected chi connectivity index (χ2v) is 5.26. The molecule has 0 saturated carbocycles. The first-order chi connectivity index (χ1) is 12.2. The van der Waals surface area contributed by atoms with Crippen LogP contribution in [0.15, 0.2) is 49.3 Å². The highest BCUT2D eigenvalue weighted by atomic mass is 19.2. The first-order valence-electron chi connectivity index (χ1n) is 7.46. The summed E-state index contributed by atoms with van der Waals surface area (Å²) in [6.45, 7) is 0.257. The van der Waals surface area contributed by atoms with Gasteiger partial charge in [0.25, 0.3) is 0 Å². The van der Waals surface area contributed by atoms with Crippen LogP contribution in [0.2, 0.25) is 0 Å². The lowest BCUT2D eigenvalue weighted by atomic mass is 10.1. The van der Waals surface area contributed by atoms with E-state index in [2.05, 4.69) is 20.2 Å². The van der Waals surface area contributed by atoms with E-state index in [0.29, 0.717) is 29.5 Å². The van der Waals surface area contributed by atoms with Crippen LogP contribution in [-0.2, 0) is 6.42 Å². The van der Waals surface area contributed by atoms with Crippen LogP contribution in [0.1, 0.15) is 5.56 Å². The molecule has 4 rings (SSSR count). The highest BCUT2D eigenvalue weighted by Crippen LogP contribution is 2.17. The Bertz CT molecular complexity index is 1010. The van der Waals surface area contributed by atoms with Crippen molar-refractivity contribution < 1.29 is 13.5 Å². The number of benzene rings is 1. The van der Waals surface area contributed by atoms with E-state index >= 15 is 0 Å². The smallest absolute Gasteiger partial charge is 0.244 e. The number of imidazole rings is 1. The van der Waals surface area contributed by atoms with E-state index in [-0.39, 0.29) is 6.61 Å². The predicted octanol–water partition coefficient (Wildman–Crippen LogP) is 2.21. The van der Waals surface area contributed by atoms with Crippen molar-refractivity contribution in [1.82, 2.24) is 29.1 Å². The van der Waals surface area contributed by atoms with Gasteiger partial charge in [-0.2, -0.15) is 0 Å². The second-order valence-electron chi connectivity index (χ2n) is 5.26. The molecule has 7 nitrogen and oxygen atoms in total. The molecule has 0 radical (unpaired) electrons. The van der Waals surface area contributed by atoms with Crippen molar-refractivity contribution in [3.8, 4) is 11.8 Å². The molecule has 0 spiro atoms. The molecular weight excluding hydrogens is 330 g/mol. The van der Waals surface area contributed by atoms with E-state index in [1.807, 2.05) is 0 Å². The molecule has 0 fully saturated rings. The van der Waals surface area contributed by atoms with Crippen molar-refractivity contribution >= 4 is 5.65 Å². The third-order valence-corrected chi connectivity index (χ3v) is 3.63. The van der Waals surface area contributed by atoms with Crippen LogP contribution >= 0.6 is 0 Å². The van der Waals surface area contributed by atoms with Crippen LogP contribution in [0, 0.1) is 11.6 Å². The number of nitrogens with zero attached hydrogens (tertiary/aromatic N) is 6. The summed E-state index contributed by atoms with van der Waals surface area (Å²) in [5, 5.41) is 8.16. The van der Waals surface area contributed by atoms with Gasteiger partial charge in [0.05, 0.1) is 19.0 Å². The molecule has 0 saturated heterocycles. The second kappa shape index (κ2) is 6.27. The Morgan fingerprint density at radius 3 is 2.76 bits per heavy atom. The van der Waals surface area contributed by atoms with E-state index in [0.717, 1.165) is 12.1 Å². The number of hydrogen-bond acceptors (Lipinski definition) is 5. The molecule has 4 aromatic rings. The average Bonchev–Trinajstić information content (AvgIpc) is 3.27. The van der Waals surface area contributed by atoms with Gasteiger partial charge < -0.3 is 4.74 Å². The molecule has 0 atom stereocenters. The largest absolute Gasteiger partial charge is 0.477 e. The van der Waals surface area contributed by atoms with Crippen LogP contribution in [0.5, 0.6) is 5.88 Å². The third kappa shape index (κ3) is 2.91. The van der Waals surface area contributed by atoms with Crippen molar-refractivity contribution in [3.05, 3.63) is 66.5 Å². The maximum Gasteiger partial charge on any atom is 0.244 e. The summed E-state index contributed by atoms with van der Waals surface area (Å²) in [5.41, 5.74) is 1.16. The summed E-state index contributed by atoms with van der Waals surface area (Å²) in [6, 6.07) is 3.79. The lowest BCUT2D eigenvalue weighted by Crippen LogP contribution is -2.08. The van der Waals surface area contributed by atoms with Crippen LogP contribution in [0.3, 0.4) is 0 Å². The maximum atomic E-state index is 13.3. The standard InChI is InChI=1S/C16H12F2N6O/c17-12-2-1-11(7-13(12)18)3-6-25-15-9-20-8-14-21-22-16(24(14)15)23-5-4-19-10-23/h1-2,4-5,7-10H,3,6H2. The Morgan fingerprint density at radius 1 is 1.04 bits per heavy atom. The molecule has 126 valence electrons. The topological polar surface area (TPSA) is 70.1 Å². The fourth-order valence-electron chi connectivity index (χ4n) is 2.42. The lowest BCUT2D eigenvalue weighted by molar-refractivity contribution is 0.303. The van der Waals surface area contributed by atoms with Gasteiger partial charge in [0, 0.05) is 18.8 Å². The molecule has 0 aliphatic rings. The van der Waals surface area contributed by atoms with E-state index in [9.17, 15) is 8.78 Å². The molecule has 1 aromatic carbocycles. The van der Waals surface area contributed by atoms with Crippen molar-refractivity contribution in [2.24, 2.45) is 0 Å². The third-order valence-electron chi connectivity index (χ3n) is 3.63. The normalized spacial score (nSPS) is 11.1. The summed E-state index contributed by atoms with van der Waals surface area (Å²) < 4.78 is 35.4. The van der Waals surface area contributed by atoms with Crippen molar-refractivity contribution in [1.29, 1.82) is 0 Å². The summed E-state index contributed by atoms with van der Waals surface area (Å²) >= 11 is 0. The zero-order valence-corrected chi connectivity index (χ0v) is 12.9. The molecular formula is C16H12F2N6O. The summed E-state index contributed by atoms with van der Waals surface area (Å²) in [6.07, 6.45) is 8.49. The first kappa shape index (κ1) is 15.2. The van der Waals surface area contributed by atoms with Crippen LogP contribution in [0.4, 0.5) is 8.78 Å². The number of fused-ring (bicyclic) bond motifs is 1. The van der Waals surface area contributed by atoms with Gasteiger partial charge in [-0.15, -0.1) is 10.2 Å². The van der Waals surface area contributed by atoms with Crippen LogP contribution in [0.25, 0.3) is 11.6 Å². The lowest BCUT2D eigenvalue weighted by Gasteiger charge is -2.09. The molecule has 0 amide bonds. The molecule has 0 N–H and O–H groups in total. The van der Waals surface area contributed by atoms with Gasteiger partial charge >= 0.3 is 0 Å². The fourth-order valence-corrected chi connectivity index (χ4v) is 2.42. The Labute approximate surface area is 140 Å². The Morgan fingerprint density at radius 2 is 1.96 bits per heavy atom.